The van der Waals surface area contributed by atoms with Gasteiger partial charge in [-0.1, -0.05) is 20.8 Å². The third kappa shape index (κ3) is 2.11. The molecule has 0 bridgehead atoms. The number of halogens is 2. The van der Waals surface area contributed by atoms with Gasteiger partial charge in [-0.25, -0.2) is 4.39 Å². The molecule has 2 atom stereocenters. The summed E-state index contributed by atoms with van der Waals surface area (Å²) in [5, 5.41) is 3.25. The number of hydrogen-bond donors (Lipinski definition) is 1. The molecule has 1 nitrogen and oxygen atoms in total. The van der Waals surface area contributed by atoms with Crippen LogP contribution in [0, 0.1) is 5.41 Å². The number of alkyl halides is 1. The SMILES string of the molecule is CC(C)(C)C1(C)CC(F)CN1.Cl. The van der Waals surface area contributed by atoms with Crippen molar-refractivity contribution in [3.63, 3.8) is 0 Å². The van der Waals surface area contributed by atoms with Crippen LogP contribution in [0.3, 0.4) is 0 Å². The van der Waals surface area contributed by atoms with Gasteiger partial charge in [0.05, 0.1) is 0 Å². The van der Waals surface area contributed by atoms with Crippen LogP contribution >= 0.6 is 12.4 Å². The number of nitrogens with one attached hydrogen (secondary N) is 1. The fourth-order valence-corrected chi connectivity index (χ4v) is 1.49. The van der Waals surface area contributed by atoms with Crippen molar-refractivity contribution in [2.24, 2.45) is 5.41 Å². The minimum atomic E-state index is -0.653. The molecule has 2 unspecified atom stereocenters. The Kier molecular flexibility index (Phi) is 3.56. The summed E-state index contributed by atoms with van der Waals surface area (Å²) in [7, 11) is 0. The first-order chi connectivity index (χ1) is 4.85. The molecule has 12 heavy (non-hydrogen) atoms. The van der Waals surface area contributed by atoms with E-state index in [1.807, 2.05) is 0 Å². The highest BCUT2D eigenvalue weighted by molar-refractivity contribution is 5.85. The van der Waals surface area contributed by atoms with Gasteiger partial charge < -0.3 is 5.32 Å². The van der Waals surface area contributed by atoms with Crippen molar-refractivity contribution >= 4 is 12.4 Å². The Morgan fingerprint density at radius 3 is 2.08 bits per heavy atom. The molecule has 0 spiro atoms. The summed E-state index contributed by atoms with van der Waals surface area (Å²) >= 11 is 0. The second-order valence-corrected chi connectivity index (χ2v) is 4.76. The molecule has 1 rings (SSSR count). The first-order valence-electron chi connectivity index (χ1n) is 4.24. The lowest BCUT2D eigenvalue weighted by Gasteiger charge is -2.38. The highest BCUT2D eigenvalue weighted by Gasteiger charge is 2.43. The van der Waals surface area contributed by atoms with Crippen molar-refractivity contribution in [2.75, 3.05) is 6.54 Å². The molecule has 1 aliphatic heterocycles. The Labute approximate surface area is 80.5 Å². The predicted molar refractivity (Wildman–Crippen MR) is 52.6 cm³/mol. The van der Waals surface area contributed by atoms with Crippen LogP contribution in [0.2, 0.25) is 0 Å². The first kappa shape index (κ1) is 12.2. The smallest absolute Gasteiger partial charge is 0.114 e. The summed E-state index contributed by atoms with van der Waals surface area (Å²) < 4.78 is 12.9. The summed E-state index contributed by atoms with van der Waals surface area (Å²) in [5.74, 6) is 0. The van der Waals surface area contributed by atoms with Gasteiger partial charge in [-0.2, -0.15) is 0 Å². The second-order valence-electron chi connectivity index (χ2n) is 4.76. The van der Waals surface area contributed by atoms with Gasteiger partial charge >= 0.3 is 0 Å². The van der Waals surface area contributed by atoms with E-state index >= 15 is 0 Å². The van der Waals surface area contributed by atoms with E-state index in [2.05, 4.69) is 33.0 Å². The lowest BCUT2D eigenvalue weighted by atomic mass is 9.74. The van der Waals surface area contributed by atoms with Crippen LogP contribution in [0.1, 0.15) is 34.1 Å². The highest BCUT2D eigenvalue weighted by Crippen LogP contribution is 2.37. The largest absolute Gasteiger partial charge is 0.308 e. The molecule has 0 amide bonds. The average molecular weight is 196 g/mol. The molecule has 0 aromatic carbocycles. The fraction of sp³-hybridized carbons (Fsp3) is 1.00. The van der Waals surface area contributed by atoms with Gasteiger partial charge in [-0.05, 0) is 18.8 Å². The number of rotatable bonds is 0. The summed E-state index contributed by atoms with van der Waals surface area (Å²) in [6.45, 7) is 9.08. The predicted octanol–water partition coefficient (Wildman–Crippen LogP) is 2.54. The molecule has 3 heteroatoms. The third-order valence-corrected chi connectivity index (χ3v) is 3.00. The van der Waals surface area contributed by atoms with Crippen molar-refractivity contribution < 1.29 is 4.39 Å². The Balaban J connectivity index is 0.00000121. The molecule has 1 saturated heterocycles. The van der Waals surface area contributed by atoms with Crippen molar-refractivity contribution in [2.45, 2.75) is 45.8 Å². The second kappa shape index (κ2) is 3.51. The molecule has 1 heterocycles. The maximum absolute atomic E-state index is 12.9. The van der Waals surface area contributed by atoms with Crippen LogP contribution in [0.25, 0.3) is 0 Å². The van der Waals surface area contributed by atoms with Gasteiger partial charge in [0, 0.05) is 12.1 Å². The van der Waals surface area contributed by atoms with Gasteiger partial charge in [-0.15, -0.1) is 12.4 Å². The van der Waals surface area contributed by atoms with Crippen molar-refractivity contribution in [1.29, 1.82) is 0 Å². The van der Waals surface area contributed by atoms with Gasteiger partial charge in [0.2, 0.25) is 0 Å². The quantitative estimate of drug-likeness (QED) is 0.627. The van der Waals surface area contributed by atoms with Crippen molar-refractivity contribution in [3.8, 4) is 0 Å². The van der Waals surface area contributed by atoms with Crippen molar-refractivity contribution in [3.05, 3.63) is 0 Å². The summed E-state index contributed by atoms with van der Waals surface area (Å²) in [4.78, 5) is 0. The van der Waals surface area contributed by atoms with Gasteiger partial charge in [0.1, 0.15) is 6.17 Å². The molecule has 1 fully saturated rings. The Hall–Kier alpha value is 0.180. The van der Waals surface area contributed by atoms with Crippen LogP contribution in [0.15, 0.2) is 0 Å². The first-order valence-corrected chi connectivity index (χ1v) is 4.24. The van der Waals surface area contributed by atoms with Gasteiger partial charge in [0.15, 0.2) is 0 Å². The third-order valence-electron chi connectivity index (χ3n) is 3.00. The zero-order chi connectivity index (χ0) is 8.70. The average Bonchev–Trinajstić information content (AvgIpc) is 2.10. The maximum Gasteiger partial charge on any atom is 0.114 e. The topological polar surface area (TPSA) is 12.0 Å². The van der Waals surface area contributed by atoms with Crippen LogP contribution in [-0.2, 0) is 0 Å². The molecular formula is C9H19ClFN. The van der Waals surface area contributed by atoms with E-state index in [-0.39, 0.29) is 23.4 Å². The van der Waals surface area contributed by atoms with Crippen LogP contribution in [0.5, 0.6) is 0 Å². The van der Waals surface area contributed by atoms with E-state index in [0.717, 1.165) is 0 Å². The molecule has 0 aromatic rings. The normalized spacial score (nSPS) is 36.2. The molecule has 0 aliphatic carbocycles. The van der Waals surface area contributed by atoms with E-state index < -0.39 is 6.17 Å². The minimum absolute atomic E-state index is 0. The van der Waals surface area contributed by atoms with E-state index in [0.29, 0.717) is 13.0 Å². The molecule has 1 N–H and O–H groups in total. The highest BCUT2D eigenvalue weighted by atomic mass is 35.5. The Bertz CT molecular complexity index is 155. The summed E-state index contributed by atoms with van der Waals surface area (Å²) in [6, 6.07) is 0. The Morgan fingerprint density at radius 2 is 1.92 bits per heavy atom. The van der Waals surface area contributed by atoms with E-state index in [1.54, 1.807) is 0 Å². The van der Waals surface area contributed by atoms with Crippen LogP contribution in [-0.4, -0.2) is 18.3 Å². The summed E-state index contributed by atoms with van der Waals surface area (Å²) in [6.07, 6.45) is -0.00419. The van der Waals surface area contributed by atoms with Crippen molar-refractivity contribution in [1.82, 2.24) is 5.32 Å². The van der Waals surface area contributed by atoms with Crippen LogP contribution in [0.4, 0.5) is 4.39 Å². The van der Waals surface area contributed by atoms with Gasteiger partial charge in [0.25, 0.3) is 0 Å². The molecule has 74 valence electrons. The van der Waals surface area contributed by atoms with Gasteiger partial charge in [-0.3, -0.25) is 0 Å². The van der Waals surface area contributed by atoms with E-state index in [4.69, 9.17) is 0 Å². The fourth-order valence-electron chi connectivity index (χ4n) is 1.49. The summed E-state index contributed by atoms with van der Waals surface area (Å²) in [5.41, 5.74) is 0.125. The molecular weight excluding hydrogens is 177 g/mol. The zero-order valence-electron chi connectivity index (χ0n) is 8.28. The van der Waals surface area contributed by atoms with Crippen LogP contribution < -0.4 is 5.32 Å². The number of hydrogen-bond acceptors (Lipinski definition) is 1. The Morgan fingerprint density at radius 1 is 1.42 bits per heavy atom. The standard InChI is InChI=1S/C9H18FN.ClH/c1-8(2,3)9(4)5-7(10)6-11-9;/h7,11H,5-6H2,1-4H3;1H. The zero-order valence-corrected chi connectivity index (χ0v) is 9.09. The molecule has 0 radical (unpaired) electrons. The van der Waals surface area contributed by atoms with E-state index in [1.165, 1.54) is 0 Å². The van der Waals surface area contributed by atoms with E-state index in [9.17, 15) is 4.39 Å². The molecule has 0 aromatic heterocycles. The molecule has 1 aliphatic rings. The minimum Gasteiger partial charge on any atom is -0.308 e. The monoisotopic (exact) mass is 195 g/mol. The lowest BCUT2D eigenvalue weighted by molar-refractivity contribution is 0.171. The maximum atomic E-state index is 12.9. The molecule has 0 saturated carbocycles. The lowest BCUT2D eigenvalue weighted by Crippen LogP contribution is -2.47.